The van der Waals surface area contributed by atoms with Gasteiger partial charge in [-0.2, -0.15) is 0 Å². The van der Waals surface area contributed by atoms with Gasteiger partial charge in [0.2, 0.25) is 0 Å². The van der Waals surface area contributed by atoms with Gasteiger partial charge in [0.25, 0.3) is 0 Å². The van der Waals surface area contributed by atoms with Crippen LogP contribution < -0.4 is 4.90 Å². The molecule has 0 atom stereocenters. The lowest BCUT2D eigenvalue weighted by Gasteiger charge is -2.41. The Kier molecular flexibility index (Phi) is 6.29. The molecule has 0 amide bonds. The van der Waals surface area contributed by atoms with E-state index in [4.69, 9.17) is 0 Å². The number of nitrogens with zero attached hydrogens (tertiary/aromatic N) is 1. The minimum absolute atomic E-state index is 0.0543. The van der Waals surface area contributed by atoms with E-state index in [1.165, 1.54) is 85.0 Å². The molecule has 1 heterocycles. The van der Waals surface area contributed by atoms with Crippen LogP contribution in [0.4, 0.5) is 11.4 Å². The van der Waals surface area contributed by atoms with E-state index in [9.17, 15) is 0 Å². The summed E-state index contributed by atoms with van der Waals surface area (Å²) >= 11 is 0. The summed E-state index contributed by atoms with van der Waals surface area (Å²) in [7, 11) is 2.22. The summed E-state index contributed by atoms with van der Waals surface area (Å²) in [5.41, 5.74) is 8.74. The molecular weight excluding hydrogens is 326 g/mol. The number of fused-ring (bicyclic) bond motifs is 2. The van der Waals surface area contributed by atoms with Gasteiger partial charge in [-0.1, -0.05) is 77.6 Å². The first-order chi connectivity index (χ1) is 13.0. The third kappa shape index (κ3) is 4.08. The number of aryl methyl sites for hydroxylation is 2. The highest BCUT2D eigenvalue weighted by molar-refractivity contribution is 5.78. The molecule has 0 bridgehead atoms. The second-order valence-electron chi connectivity index (χ2n) is 8.80. The van der Waals surface area contributed by atoms with Crippen LogP contribution in [0.15, 0.2) is 36.4 Å². The minimum Gasteiger partial charge on any atom is -0.344 e. The lowest BCUT2D eigenvalue weighted by molar-refractivity contribution is 0.624. The van der Waals surface area contributed by atoms with Gasteiger partial charge in [-0.25, -0.2) is 0 Å². The SMILES string of the molecule is CCCCCc1ccc2c(c1)C(C)(C)c1cc(CCCCC)ccc1N2C. The summed E-state index contributed by atoms with van der Waals surface area (Å²) in [6.45, 7) is 9.37. The third-order valence-corrected chi connectivity index (χ3v) is 6.33. The molecule has 0 N–H and O–H groups in total. The standard InChI is InChI=1S/C26H37N/c1-6-8-10-12-20-14-16-24-22(18-20)26(3,4)23-19-21(13-11-9-7-2)15-17-25(23)27(24)5/h14-19H,6-13H2,1-5H3. The Labute approximate surface area is 166 Å². The van der Waals surface area contributed by atoms with Crippen molar-refractivity contribution in [1.29, 1.82) is 0 Å². The molecule has 0 saturated carbocycles. The summed E-state index contributed by atoms with van der Waals surface area (Å²) in [4.78, 5) is 2.39. The summed E-state index contributed by atoms with van der Waals surface area (Å²) in [6, 6.07) is 14.3. The van der Waals surface area contributed by atoms with Crippen LogP contribution in [0.25, 0.3) is 0 Å². The zero-order valence-electron chi connectivity index (χ0n) is 18.1. The first-order valence-corrected chi connectivity index (χ1v) is 11.0. The lowest BCUT2D eigenvalue weighted by atomic mass is 9.72. The average molecular weight is 364 g/mol. The van der Waals surface area contributed by atoms with E-state index in [0.717, 1.165) is 0 Å². The Morgan fingerprint density at radius 2 is 1.15 bits per heavy atom. The zero-order chi connectivity index (χ0) is 19.4. The molecule has 0 saturated heterocycles. The van der Waals surface area contributed by atoms with E-state index in [1.807, 2.05) is 0 Å². The zero-order valence-corrected chi connectivity index (χ0v) is 18.1. The van der Waals surface area contributed by atoms with Crippen LogP contribution in [0.3, 0.4) is 0 Å². The fourth-order valence-corrected chi connectivity index (χ4v) is 4.50. The lowest BCUT2D eigenvalue weighted by Crippen LogP contribution is -2.31. The van der Waals surface area contributed by atoms with Crippen LogP contribution >= 0.6 is 0 Å². The summed E-state index contributed by atoms with van der Waals surface area (Å²) in [5, 5.41) is 0. The van der Waals surface area contributed by atoms with E-state index in [0.29, 0.717) is 0 Å². The molecular formula is C26H37N. The highest BCUT2D eigenvalue weighted by atomic mass is 15.1. The molecule has 0 spiro atoms. The van der Waals surface area contributed by atoms with Gasteiger partial charge in [-0.3, -0.25) is 0 Å². The van der Waals surface area contributed by atoms with Crippen molar-refractivity contribution in [2.45, 2.75) is 84.5 Å². The molecule has 2 aromatic carbocycles. The predicted octanol–water partition coefficient (Wildman–Crippen LogP) is 7.56. The van der Waals surface area contributed by atoms with Crippen LogP contribution in [-0.2, 0) is 18.3 Å². The summed E-state index contributed by atoms with van der Waals surface area (Å²) < 4.78 is 0. The molecule has 0 unspecified atom stereocenters. The fourth-order valence-electron chi connectivity index (χ4n) is 4.50. The Bertz CT molecular complexity index is 708. The first-order valence-electron chi connectivity index (χ1n) is 11.0. The highest BCUT2D eigenvalue weighted by Crippen LogP contribution is 2.48. The topological polar surface area (TPSA) is 3.24 Å². The molecule has 0 aromatic heterocycles. The average Bonchev–Trinajstić information content (AvgIpc) is 2.67. The molecule has 0 radical (unpaired) electrons. The number of rotatable bonds is 8. The van der Waals surface area contributed by atoms with Crippen molar-refractivity contribution in [2.24, 2.45) is 0 Å². The van der Waals surface area contributed by atoms with E-state index in [2.05, 4.69) is 76.0 Å². The molecule has 0 fully saturated rings. The Morgan fingerprint density at radius 1 is 0.704 bits per heavy atom. The Balaban J connectivity index is 1.94. The third-order valence-electron chi connectivity index (χ3n) is 6.33. The Morgan fingerprint density at radius 3 is 1.56 bits per heavy atom. The number of benzene rings is 2. The van der Waals surface area contributed by atoms with Crippen LogP contribution in [0.1, 0.15) is 88.5 Å². The Hall–Kier alpha value is -1.76. The summed E-state index contributed by atoms with van der Waals surface area (Å²) in [6.07, 6.45) is 10.2. The van der Waals surface area contributed by atoms with E-state index in [-0.39, 0.29) is 5.41 Å². The molecule has 1 heteroatoms. The summed E-state index contributed by atoms with van der Waals surface area (Å²) in [5.74, 6) is 0. The van der Waals surface area contributed by atoms with Crippen molar-refractivity contribution in [2.75, 3.05) is 11.9 Å². The van der Waals surface area contributed by atoms with Gasteiger partial charge in [0.1, 0.15) is 0 Å². The maximum Gasteiger partial charge on any atom is 0.0449 e. The molecule has 1 aliphatic rings. The second-order valence-corrected chi connectivity index (χ2v) is 8.80. The van der Waals surface area contributed by atoms with Gasteiger partial charge in [-0.05, 0) is 60.1 Å². The van der Waals surface area contributed by atoms with Gasteiger partial charge >= 0.3 is 0 Å². The maximum atomic E-state index is 2.48. The van der Waals surface area contributed by atoms with Gasteiger partial charge in [-0.15, -0.1) is 0 Å². The smallest absolute Gasteiger partial charge is 0.0449 e. The predicted molar refractivity (Wildman–Crippen MR) is 120 cm³/mol. The highest BCUT2D eigenvalue weighted by Gasteiger charge is 2.35. The van der Waals surface area contributed by atoms with E-state index in [1.54, 1.807) is 0 Å². The van der Waals surface area contributed by atoms with Crippen molar-refractivity contribution in [3.63, 3.8) is 0 Å². The number of hydrogen-bond donors (Lipinski definition) is 0. The van der Waals surface area contributed by atoms with Crippen molar-refractivity contribution in [1.82, 2.24) is 0 Å². The van der Waals surface area contributed by atoms with Crippen molar-refractivity contribution < 1.29 is 0 Å². The molecule has 27 heavy (non-hydrogen) atoms. The molecule has 146 valence electrons. The van der Waals surface area contributed by atoms with E-state index < -0.39 is 0 Å². The van der Waals surface area contributed by atoms with Crippen molar-refractivity contribution in [3.8, 4) is 0 Å². The van der Waals surface area contributed by atoms with Crippen molar-refractivity contribution >= 4 is 11.4 Å². The number of unbranched alkanes of at least 4 members (excludes halogenated alkanes) is 4. The van der Waals surface area contributed by atoms with Gasteiger partial charge in [0.15, 0.2) is 0 Å². The molecule has 2 aromatic rings. The number of anilines is 2. The monoisotopic (exact) mass is 363 g/mol. The minimum atomic E-state index is 0.0543. The second kappa shape index (κ2) is 8.50. The molecule has 1 aliphatic heterocycles. The van der Waals surface area contributed by atoms with Crippen molar-refractivity contribution in [3.05, 3.63) is 58.7 Å². The van der Waals surface area contributed by atoms with E-state index >= 15 is 0 Å². The first kappa shape index (κ1) is 20.0. The molecule has 3 rings (SSSR count). The van der Waals surface area contributed by atoms with Crippen LogP contribution in [0.2, 0.25) is 0 Å². The largest absolute Gasteiger partial charge is 0.344 e. The van der Waals surface area contributed by atoms with Gasteiger partial charge < -0.3 is 4.90 Å². The van der Waals surface area contributed by atoms with Crippen LogP contribution in [-0.4, -0.2) is 7.05 Å². The quantitative estimate of drug-likeness (QED) is 0.437. The van der Waals surface area contributed by atoms with Gasteiger partial charge in [0.05, 0.1) is 0 Å². The molecule has 1 nitrogen and oxygen atoms in total. The van der Waals surface area contributed by atoms with Crippen LogP contribution in [0.5, 0.6) is 0 Å². The number of hydrogen-bond acceptors (Lipinski definition) is 1. The fraction of sp³-hybridized carbons (Fsp3) is 0.538. The van der Waals surface area contributed by atoms with Gasteiger partial charge in [0, 0.05) is 23.8 Å². The molecule has 0 aliphatic carbocycles. The normalized spacial score (nSPS) is 14.8. The maximum absolute atomic E-state index is 2.48. The van der Waals surface area contributed by atoms with Crippen LogP contribution in [0, 0.1) is 0 Å².